The Labute approximate surface area is 86.6 Å². The van der Waals surface area contributed by atoms with E-state index in [0.717, 1.165) is 19.3 Å². The maximum Gasteiger partial charge on any atom is 0.330 e. The predicted octanol–water partition coefficient (Wildman–Crippen LogP) is 3.24. The molecule has 2 nitrogen and oxygen atoms in total. The van der Waals surface area contributed by atoms with E-state index in [0.29, 0.717) is 0 Å². The van der Waals surface area contributed by atoms with E-state index in [1.165, 1.54) is 18.9 Å². The lowest BCUT2D eigenvalue weighted by atomic mass is 10.1. The van der Waals surface area contributed by atoms with Gasteiger partial charge in [0.05, 0.1) is 0 Å². The average Bonchev–Trinajstić information content (AvgIpc) is 2.18. The van der Waals surface area contributed by atoms with Gasteiger partial charge in [0, 0.05) is 12.5 Å². The fraction of sp³-hybridized carbons (Fsp3) is 0.583. The number of ether oxygens (including phenoxy) is 1. The van der Waals surface area contributed by atoms with E-state index in [2.05, 4.69) is 20.1 Å². The smallest absolute Gasteiger partial charge is 0.330 e. The number of carbonyl (C=O) groups excluding carboxylic acids is 1. The quantitative estimate of drug-likeness (QED) is 0.258. The molecule has 0 bridgehead atoms. The number of unbranched alkanes of at least 4 members (excludes halogenated alkanes) is 2. The predicted molar refractivity (Wildman–Crippen MR) is 59.0 cm³/mol. The van der Waals surface area contributed by atoms with Crippen LogP contribution in [0.25, 0.3) is 0 Å². The third-order valence-corrected chi connectivity index (χ3v) is 2.01. The summed E-state index contributed by atoms with van der Waals surface area (Å²) in [5, 5.41) is 0. The van der Waals surface area contributed by atoms with Crippen LogP contribution in [0.3, 0.4) is 0 Å². The third-order valence-electron chi connectivity index (χ3n) is 2.01. The minimum atomic E-state index is -0.339. The lowest BCUT2D eigenvalue weighted by molar-refractivity contribution is -0.143. The highest BCUT2D eigenvalue weighted by atomic mass is 16.5. The van der Waals surface area contributed by atoms with Gasteiger partial charge in [-0.05, 0) is 12.8 Å². The maximum atomic E-state index is 11.0. The molecule has 0 unspecified atom stereocenters. The highest BCUT2D eigenvalue weighted by Gasteiger charge is 2.09. The van der Waals surface area contributed by atoms with Gasteiger partial charge in [-0.1, -0.05) is 32.4 Å². The highest BCUT2D eigenvalue weighted by Crippen LogP contribution is 2.11. The van der Waals surface area contributed by atoms with E-state index in [-0.39, 0.29) is 12.1 Å². The Morgan fingerprint density at radius 2 is 2.14 bits per heavy atom. The number of hydrogen-bond donors (Lipinski definition) is 0. The molecule has 0 aliphatic heterocycles. The van der Waals surface area contributed by atoms with Crippen molar-refractivity contribution in [1.82, 2.24) is 0 Å². The molecular formula is C12H20O2. The average molecular weight is 196 g/mol. The second-order valence-corrected chi connectivity index (χ2v) is 3.28. The fourth-order valence-corrected chi connectivity index (χ4v) is 1.25. The first-order valence-electron chi connectivity index (χ1n) is 5.18. The first-order valence-corrected chi connectivity index (χ1v) is 5.18. The molecule has 0 aliphatic carbocycles. The molecular weight excluding hydrogens is 176 g/mol. The fourth-order valence-electron chi connectivity index (χ4n) is 1.25. The minimum absolute atomic E-state index is 0.0236. The Morgan fingerprint density at radius 1 is 1.43 bits per heavy atom. The second-order valence-electron chi connectivity index (χ2n) is 3.28. The van der Waals surface area contributed by atoms with Crippen LogP contribution in [0.2, 0.25) is 0 Å². The van der Waals surface area contributed by atoms with Crippen LogP contribution in [0.5, 0.6) is 0 Å². The van der Waals surface area contributed by atoms with Crippen molar-refractivity contribution in [3.8, 4) is 0 Å². The third kappa shape index (κ3) is 6.46. The Hall–Kier alpha value is -1.05. The molecule has 14 heavy (non-hydrogen) atoms. The summed E-state index contributed by atoms with van der Waals surface area (Å²) in [4.78, 5) is 11.0. The summed E-state index contributed by atoms with van der Waals surface area (Å²) in [6.45, 7) is 9.17. The van der Waals surface area contributed by atoms with Crippen LogP contribution in [0, 0.1) is 0 Å². The van der Waals surface area contributed by atoms with Gasteiger partial charge in [0.15, 0.2) is 0 Å². The summed E-state index contributed by atoms with van der Waals surface area (Å²) in [7, 11) is 0. The van der Waals surface area contributed by atoms with Gasteiger partial charge in [-0.25, -0.2) is 4.79 Å². The van der Waals surface area contributed by atoms with Crippen molar-refractivity contribution in [3.05, 3.63) is 25.3 Å². The van der Waals surface area contributed by atoms with Crippen molar-refractivity contribution >= 4 is 5.97 Å². The minimum Gasteiger partial charge on any atom is -0.459 e. The zero-order valence-corrected chi connectivity index (χ0v) is 9.00. The molecule has 0 aromatic heterocycles. The Morgan fingerprint density at radius 3 is 2.64 bits per heavy atom. The molecule has 0 fully saturated rings. The van der Waals surface area contributed by atoms with Gasteiger partial charge < -0.3 is 4.74 Å². The van der Waals surface area contributed by atoms with Crippen LogP contribution in [0.4, 0.5) is 0 Å². The number of rotatable bonds is 8. The summed E-state index contributed by atoms with van der Waals surface area (Å²) >= 11 is 0. The van der Waals surface area contributed by atoms with E-state index in [9.17, 15) is 4.79 Å². The molecule has 2 heteroatoms. The Balaban J connectivity index is 3.81. The van der Waals surface area contributed by atoms with Crippen molar-refractivity contribution < 1.29 is 9.53 Å². The van der Waals surface area contributed by atoms with Gasteiger partial charge in [0.25, 0.3) is 0 Å². The lowest BCUT2D eigenvalue weighted by Crippen LogP contribution is -2.15. The van der Waals surface area contributed by atoms with Crippen LogP contribution in [0.15, 0.2) is 25.3 Å². The molecule has 0 aromatic carbocycles. The van der Waals surface area contributed by atoms with Crippen LogP contribution >= 0.6 is 0 Å². The van der Waals surface area contributed by atoms with E-state index < -0.39 is 0 Å². The van der Waals surface area contributed by atoms with Crippen LogP contribution < -0.4 is 0 Å². The molecule has 0 spiro atoms. The van der Waals surface area contributed by atoms with Crippen molar-refractivity contribution in [3.63, 3.8) is 0 Å². The molecule has 80 valence electrons. The maximum absolute atomic E-state index is 11.0. The molecule has 0 aliphatic rings. The van der Waals surface area contributed by atoms with Crippen LogP contribution in [0.1, 0.15) is 39.0 Å². The molecule has 0 heterocycles. The number of hydrogen-bond acceptors (Lipinski definition) is 2. The van der Waals surface area contributed by atoms with Crippen molar-refractivity contribution in [2.75, 3.05) is 0 Å². The molecule has 0 N–H and O–H groups in total. The zero-order chi connectivity index (χ0) is 10.8. The van der Waals surface area contributed by atoms with Crippen molar-refractivity contribution in [2.45, 2.75) is 45.1 Å². The summed E-state index contributed by atoms with van der Waals surface area (Å²) in [5.74, 6) is -0.339. The molecule has 0 aromatic rings. The van der Waals surface area contributed by atoms with Crippen molar-refractivity contribution in [2.24, 2.45) is 0 Å². The Bertz CT molecular complexity index is 185. The van der Waals surface area contributed by atoms with E-state index >= 15 is 0 Å². The zero-order valence-electron chi connectivity index (χ0n) is 9.00. The van der Waals surface area contributed by atoms with Gasteiger partial charge >= 0.3 is 5.97 Å². The molecule has 0 saturated heterocycles. The number of esters is 1. The summed E-state index contributed by atoms with van der Waals surface area (Å²) in [6.07, 6.45) is 8.06. The molecule has 0 saturated carbocycles. The van der Waals surface area contributed by atoms with E-state index in [4.69, 9.17) is 4.74 Å². The summed E-state index contributed by atoms with van der Waals surface area (Å²) in [6, 6.07) is 0. The van der Waals surface area contributed by atoms with Gasteiger partial charge in [0.2, 0.25) is 0 Å². The highest BCUT2D eigenvalue weighted by molar-refractivity contribution is 5.81. The van der Waals surface area contributed by atoms with E-state index in [1.54, 1.807) is 6.08 Å². The summed E-state index contributed by atoms with van der Waals surface area (Å²) in [5.41, 5.74) is 0. The first-order chi connectivity index (χ1) is 6.74. The summed E-state index contributed by atoms with van der Waals surface area (Å²) < 4.78 is 5.16. The van der Waals surface area contributed by atoms with Gasteiger partial charge in [-0.3, -0.25) is 0 Å². The van der Waals surface area contributed by atoms with Gasteiger partial charge in [-0.15, -0.1) is 6.58 Å². The first kappa shape index (κ1) is 12.9. The molecule has 0 radical (unpaired) electrons. The van der Waals surface area contributed by atoms with Gasteiger partial charge in [0.1, 0.15) is 6.10 Å². The van der Waals surface area contributed by atoms with E-state index in [1.807, 2.05) is 0 Å². The second kappa shape index (κ2) is 8.54. The monoisotopic (exact) mass is 196 g/mol. The SMILES string of the molecule is C=CC[C@H](CCCCC)OC(=O)C=C. The van der Waals surface area contributed by atoms with Gasteiger partial charge in [-0.2, -0.15) is 0 Å². The number of carbonyl (C=O) groups is 1. The van der Waals surface area contributed by atoms with Crippen LogP contribution in [-0.2, 0) is 9.53 Å². The molecule has 1 atom stereocenters. The standard InChI is InChI=1S/C12H20O2/c1-4-7-8-10-11(9-5-2)14-12(13)6-3/h5-6,11H,2-4,7-10H2,1H3/t11-/m1/s1. The Kier molecular flexibility index (Phi) is 7.90. The largest absolute Gasteiger partial charge is 0.459 e. The topological polar surface area (TPSA) is 26.3 Å². The normalized spacial score (nSPS) is 11.8. The van der Waals surface area contributed by atoms with Crippen molar-refractivity contribution in [1.29, 1.82) is 0 Å². The molecule has 0 rings (SSSR count). The lowest BCUT2D eigenvalue weighted by Gasteiger charge is -2.14. The van der Waals surface area contributed by atoms with Crippen LogP contribution in [-0.4, -0.2) is 12.1 Å². The molecule has 0 amide bonds.